The van der Waals surface area contributed by atoms with E-state index in [9.17, 15) is 9.90 Å². The number of benzene rings is 2. The number of hydrogen-bond donors (Lipinski definition) is 3. The van der Waals surface area contributed by atoms with Crippen LogP contribution in [0, 0.1) is 13.8 Å². The van der Waals surface area contributed by atoms with Gasteiger partial charge in [0.2, 0.25) is 0 Å². The van der Waals surface area contributed by atoms with Crippen molar-refractivity contribution in [1.82, 2.24) is 0 Å². The van der Waals surface area contributed by atoms with Crippen molar-refractivity contribution in [2.75, 3.05) is 11.1 Å². The average molecular weight is 256 g/mol. The number of phenols is 1. The van der Waals surface area contributed by atoms with E-state index in [4.69, 9.17) is 5.73 Å². The molecule has 0 saturated carbocycles. The van der Waals surface area contributed by atoms with Crippen LogP contribution >= 0.6 is 0 Å². The summed E-state index contributed by atoms with van der Waals surface area (Å²) >= 11 is 0. The predicted molar refractivity (Wildman–Crippen MR) is 76.4 cm³/mol. The van der Waals surface area contributed by atoms with Crippen molar-refractivity contribution in [2.24, 2.45) is 0 Å². The van der Waals surface area contributed by atoms with E-state index in [1.807, 2.05) is 6.92 Å². The Bertz CT molecular complexity index is 636. The Hall–Kier alpha value is -2.49. The average Bonchev–Trinajstić information content (AvgIpc) is 2.37. The first kappa shape index (κ1) is 13.0. The topological polar surface area (TPSA) is 75.3 Å². The summed E-state index contributed by atoms with van der Waals surface area (Å²) in [4.78, 5) is 12.0. The standard InChI is InChI=1S/C15H16N2O2/c1-9-3-5-11(7-13(9)16)15(19)17-12-6-4-10(2)14(18)8-12/h3-8,18H,16H2,1-2H3,(H,17,19). The Balaban J connectivity index is 2.20. The van der Waals surface area contributed by atoms with Crippen LogP contribution in [0.25, 0.3) is 0 Å². The van der Waals surface area contributed by atoms with Gasteiger partial charge in [0.05, 0.1) is 0 Å². The van der Waals surface area contributed by atoms with E-state index in [1.165, 1.54) is 6.07 Å². The zero-order valence-electron chi connectivity index (χ0n) is 10.9. The second-order valence-corrected chi connectivity index (χ2v) is 4.53. The zero-order valence-corrected chi connectivity index (χ0v) is 10.9. The number of aryl methyl sites for hydroxylation is 2. The fourth-order valence-corrected chi connectivity index (χ4v) is 1.67. The maximum Gasteiger partial charge on any atom is 0.255 e. The minimum Gasteiger partial charge on any atom is -0.508 e. The van der Waals surface area contributed by atoms with Gasteiger partial charge in [-0.25, -0.2) is 0 Å². The molecule has 0 radical (unpaired) electrons. The van der Waals surface area contributed by atoms with Crippen LogP contribution in [0.4, 0.5) is 11.4 Å². The number of aromatic hydroxyl groups is 1. The molecule has 0 atom stereocenters. The van der Waals surface area contributed by atoms with Gasteiger partial charge in [-0.05, 0) is 43.2 Å². The highest BCUT2D eigenvalue weighted by molar-refractivity contribution is 6.05. The third-order valence-corrected chi connectivity index (χ3v) is 3.01. The van der Waals surface area contributed by atoms with Gasteiger partial charge in [0.25, 0.3) is 5.91 Å². The fourth-order valence-electron chi connectivity index (χ4n) is 1.67. The van der Waals surface area contributed by atoms with Gasteiger partial charge < -0.3 is 16.2 Å². The molecule has 98 valence electrons. The summed E-state index contributed by atoms with van der Waals surface area (Å²) in [6, 6.07) is 10.2. The first-order valence-electron chi connectivity index (χ1n) is 5.94. The van der Waals surface area contributed by atoms with Crippen molar-refractivity contribution in [1.29, 1.82) is 0 Å². The molecule has 0 aliphatic rings. The first-order valence-corrected chi connectivity index (χ1v) is 5.94. The summed E-state index contributed by atoms with van der Waals surface area (Å²) in [7, 11) is 0. The molecule has 2 rings (SSSR count). The third kappa shape index (κ3) is 2.85. The van der Waals surface area contributed by atoms with E-state index in [0.29, 0.717) is 16.9 Å². The number of amides is 1. The molecule has 4 nitrogen and oxygen atoms in total. The second-order valence-electron chi connectivity index (χ2n) is 4.53. The molecule has 4 heteroatoms. The number of hydrogen-bond acceptors (Lipinski definition) is 3. The minimum atomic E-state index is -0.255. The van der Waals surface area contributed by atoms with Crippen LogP contribution in [0.1, 0.15) is 21.5 Å². The van der Waals surface area contributed by atoms with E-state index in [0.717, 1.165) is 11.1 Å². The highest BCUT2D eigenvalue weighted by Gasteiger charge is 2.08. The molecular formula is C15H16N2O2. The van der Waals surface area contributed by atoms with Gasteiger partial charge in [-0.2, -0.15) is 0 Å². The summed E-state index contributed by atoms with van der Waals surface area (Å²) in [5.41, 5.74) is 9.09. The normalized spacial score (nSPS) is 10.2. The summed E-state index contributed by atoms with van der Waals surface area (Å²) in [6.07, 6.45) is 0. The fraction of sp³-hybridized carbons (Fsp3) is 0.133. The van der Waals surface area contributed by atoms with Gasteiger partial charge in [0.15, 0.2) is 0 Å². The second kappa shape index (κ2) is 5.02. The highest BCUT2D eigenvalue weighted by Crippen LogP contribution is 2.21. The van der Waals surface area contributed by atoms with Crippen molar-refractivity contribution in [3.8, 4) is 5.75 Å². The van der Waals surface area contributed by atoms with E-state index in [-0.39, 0.29) is 11.7 Å². The molecule has 0 saturated heterocycles. The van der Waals surface area contributed by atoms with Gasteiger partial charge in [-0.15, -0.1) is 0 Å². The number of carbonyl (C=O) groups is 1. The lowest BCUT2D eigenvalue weighted by molar-refractivity contribution is 0.102. The molecule has 2 aromatic carbocycles. The Kier molecular flexibility index (Phi) is 3.42. The molecule has 19 heavy (non-hydrogen) atoms. The number of nitrogen functional groups attached to an aromatic ring is 1. The lowest BCUT2D eigenvalue weighted by Gasteiger charge is -2.08. The summed E-state index contributed by atoms with van der Waals surface area (Å²) in [5, 5.41) is 12.3. The van der Waals surface area contributed by atoms with Gasteiger partial charge >= 0.3 is 0 Å². The number of nitrogens with one attached hydrogen (secondary N) is 1. The first-order chi connectivity index (χ1) is 8.97. The molecule has 0 aliphatic carbocycles. The van der Waals surface area contributed by atoms with Crippen LogP contribution in [-0.2, 0) is 0 Å². The monoisotopic (exact) mass is 256 g/mol. The number of nitrogens with two attached hydrogens (primary N) is 1. The van der Waals surface area contributed by atoms with Gasteiger partial charge in [-0.3, -0.25) is 4.79 Å². The van der Waals surface area contributed by atoms with E-state index in [1.54, 1.807) is 37.3 Å². The van der Waals surface area contributed by atoms with Gasteiger partial charge in [0, 0.05) is 23.0 Å². The molecule has 1 amide bonds. The summed E-state index contributed by atoms with van der Waals surface area (Å²) in [5.74, 6) is -0.101. The number of anilines is 2. The lowest BCUT2D eigenvalue weighted by Crippen LogP contribution is -2.12. The Morgan fingerprint density at radius 1 is 1.11 bits per heavy atom. The zero-order chi connectivity index (χ0) is 14.0. The molecular weight excluding hydrogens is 240 g/mol. The maximum absolute atomic E-state index is 12.0. The highest BCUT2D eigenvalue weighted by atomic mass is 16.3. The minimum absolute atomic E-state index is 0.154. The van der Waals surface area contributed by atoms with Crippen LogP contribution < -0.4 is 11.1 Å². The van der Waals surface area contributed by atoms with Crippen molar-refractivity contribution in [3.05, 3.63) is 53.1 Å². The molecule has 0 bridgehead atoms. The van der Waals surface area contributed by atoms with Gasteiger partial charge in [0.1, 0.15) is 5.75 Å². The van der Waals surface area contributed by atoms with Crippen molar-refractivity contribution in [2.45, 2.75) is 13.8 Å². The molecule has 0 fully saturated rings. The quantitative estimate of drug-likeness (QED) is 0.723. The van der Waals surface area contributed by atoms with Gasteiger partial charge in [-0.1, -0.05) is 12.1 Å². The van der Waals surface area contributed by atoms with Crippen LogP contribution in [0.15, 0.2) is 36.4 Å². The van der Waals surface area contributed by atoms with Crippen molar-refractivity contribution < 1.29 is 9.90 Å². The van der Waals surface area contributed by atoms with Crippen LogP contribution in [0.3, 0.4) is 0 Å². The van der Waals surface area contributed by atoms with E-state index < -0.39 is 0 Å². The van der Waals surface area contributed by atoms with Crippen LogP contribution in [0.5, 0.6) is 5.75 Å². The maximum atomic E-state index is 12.0. The summed E-state index contributed by atoms with van der Waals surface area (Å²) < 4.78 is 0. The van der Waals surface area contributed by atoms with E-state index in [2.05, 4.69) is 5.32 Å². The smallest absolute Gasteiger partial charge is 0.255 e. The van der Waals surface area contributed by atoms with E-state index >= 15 is 0 Å². The molecule has 0 unspecified atom stereocenters. The molecule has 0 aliphatic heterocycles. The Morgan fingerprint density at radius 3 is 2.42 bits per heavy atom. The molecule has 0 spiro atoms. The predicted octanol–water partition coefficient (Wildman–Crippen LogP) is 2.84. The number of carbonyl (C=O) groups excluding carboxylic acids is 1. The SMILES string of the molecule is Cc1ccc(C(=O)Nc2ccc(C)c(O)c2)cc1N. The Labute approximate surface area is 111 Å². The molecule has 4 N–H and O–H groups in total. The lowest BCUT2D eigenvalue weighted by atomic mass is 10.1. The van der Waals surface area contributed by atoms with Crippen LogP contribution in [-0.4, -0.2) is 11.0 Å². The van der Waals surface area contributed by atoms with Crippen molar-refractivity contribution in [3.63, 3.8) is 0 Å². The Morgan fingerprint density at radius 2 is 1.79 bits per heavy atom. The molecule has 0 aromatic heterocycles. The molecule has 0 heterocycles. The van der Waals surface area contributed by atoms with Crippen molar-refractivity contribution >= 4 is 17.3 Å². The summed E-state index contributed by atoms with van der Waals surface area (Å²) in [6.45, 7) is 3.68. The number of rotatable bonds is 2. The third-order valence-electron chi connectivity index (χ3n) is 3.01. The largest absolute Gasteiger partial charge is 0.508 e. The van der Waals surface area contributed by atoms with Crippen LogP contribution in [0.2, 0.25) is 0 Å². The number of phenolic OH excluding ortho intramolecular Hbond substituents is 1. The molecule has 2 aromatic rings.